The van der Waals surface area contributed by atoms with E-state index in [-0.39, 0.29) is 0 Å². The van der Waals surface area contributed by atoms with Crippen LogP contribution in [0.3, 0.4) is 0 Å². The molecule has 2 aromatic rings. The summed E-state index contributed by atoms with van der Waals surface area (Å²) in [4.78, 5) is 0. The van der Waals surface area contributed by atoms with Gasteiger partial charge in [0.2, 0.25) is 0 Å². The quantitative estimate of drug-likeness (QED) is 0.776. The van der Waals surface area contributed by atoms with Crippen LogP contribution in [-0.2, 0) is 6.54 Å². The molecule has 0 radical (unpaired) electrons. The Labute approximate surface area is 126 Å². The van der Waals surface area contributed by atoms with E-state index in [2.05, 4.69) is 54.4 Å². The summed E-state index contributed by atoms with van der Waals surface area (Å²) in [6, 6.07) is 19.5. The third-order valence-corrected chi connectivity index (χ3v) is 3.90. The molecule has 1 fully saturated rings. The molecule has 1 saturated carbocycles. The van der Waals surface area contributed by atoms with E-state index in [4.69, 9.17) is 4.74 Å². The van der Waals surface area contributed by atoms with Crippen LogP contribution in [-0.4, -0.2) is 12.6 Å². The van der Waals surface area contributed by atoms with Gasteiger partial charge in [-0.15, -0.1) is 0 Å². The minimum atomic E-state index is 0.549. The molecule has 0 aromatic heterocycles. The van der Waals surface area contributed by atoms with Crippen LogP contribution in [0.4, 0.5) is 0 Å². The molecule has 0 bridgehead atoms. The van der Waals surface area contributed by atoms with E-state index in [1.807, 2.05) is 12.1 Å². The number of ether oxygens (including phenoxy) is 1. The lowest BCUT2D eigenvalue weighted by Crippen LogP contribution is -2.17. The first-order valence-corrected chi connectivity index (χ1v) is 7.48. The van der Waals surface area contributed by atoms with Gasteiger partial charge in [0, 0.05) is 24.1 Å². The van der Waals surface area contributed by atoms with Crippen LogP contribution in [0.5, 0.6) is 5.75 Å². The molecule has 1 N–H and O–H groups in total. The van der Waals surface area contributed by atoms with E-state index in [9.17, 15) is 0 Å². The zero-order chi connectivity index (χ0) is 14.5. The number of rotatable bonds is 7. The minimum absolute atomic E-state index is 0.549. The Balaban J connectivity index is 1.56. The molecular formula is C19H21NO. The van der Waals surface area contributed by atoms with E-state index >= 15 is 0 Å². The molecule has 2 unspecified atom stereocenters. The predicted octanol–water partition coefficient (Wildman–Crippen LogP) is 3.90. The fourth-order valence-electron chi connectivity index (χ4n) is 2.67. The van der Waals surface area contributed by atoms with Crippen molar-refractivity contribution in [3.05, 3.63) is 78.4 Å². The van der Waals surface area contributed by atoms with Crippen LogP contribution < -0.4 is 10.1 Å². The zero-order valence-corrected chi connectivity index (χ0v) is 12.2. The molecule has 1 aliphatic rings. The molecule has 0 amide bonds. The molecule has 0 heterocycles. The molecule has 2 nitrogen and oxygen atoms in total. The average molecular weight is 279 g/mol. The second-order valence-corrected chi connectivity index (χ2v) is 5.45. The van der Waals surface area contributed by atoms with Crippen LogP contribution in [0.15, 0.2) is 67.3 Å². The number of hydrogen-bond donors (Lipinski definition) is 1. The number of para-hydroxylation sites is 1. The van der Waals surface area contributed by atoms with Crippen molar-refractivity contribution in [2.24, 2.45) is 0 Å². The van der Waals surface area contributed by atoms with Crippen molar-refractivity contribution in [2.75, 3.05) is 6.61 Å². The van der Waals surface area contributed by atoms with Crippen molar-refractivity contribution in [3.63, 3.8) is 0 Å². The standard InChI is InChI=1S/C19H21NO/c1-2-12-21-19-11-7-6-10-16(19)14-20-18-13-17(18)15-8-4-3-5-9-15/h2-11,17-18,20H,1,12-14H2. The molecule has 1 aliphatic carbocycles. The molecule has 2 heteroatoms. The number of benzene rings is 2. The van der Waals surface area contributed by atoms with Gasteiger partial charge in [-0.05, 0) is 18.1 Å². The summed E-state index contributed by atoms with van der Waals surface area (Å²) in [5.41, 5.74) is 2.64. The number of nitrogens with one attached hydrogen (secondary N) is 1. The topological polar surface area (TPSA) is 21.3 Å². The lowest BCUT2D eigenvalue weighted by Gasteiger charge is -2.11. The Morgan fingerprint density at radius 2 is 1.86 bits per heavy atom. The fraction of sp³-hybridized carbons (Fsp3) is 0.263. The Morgan fingerprint density at radius 1 is 1.10 bits per heavy atom. The number of hydrogen-bond acceptors (Lipinski definition) is 2. The Morgan fingerprint density at radius 3 is 2.67 bits per heavy atom. The highest BCUT2D eigenvalue weighted by Gasteiger charge is 2.37. The van der Waals surface area contributed by atoms with Gasteiger partial charge in [-0.1, -0.05) is 61.2 Å². The monoisotopic (exact) mass is 279 g/mol. The van der Waals surface area contributed by atoms with Gasteiger partial charge < -0.3 is 10.1 Å². The van der Waals surface area contributed by atoms with Gasteiger partial charge in [0.05, 0.1) is 0 Å². The van der Waals surface area contributed by atoms with Crippen molar-refractivity contribution in [2.45, 2.75) is 24.9 Å². The van der Waals surface area contributed by atoms with Crippen molar-refractivity contribution in [1.29, 1.82) is 0 Å². The van der Waals surface area contributed by atoms with Crippen molar-refractivity contribution >= 4 is 0 Å². The molecule has 21 heavy (non-hydrogen) atoms. The maximum atomic E-state index is 5.69. The minimum Gasteiger partial charge on any atom is -0.489 e. The molecule has 0 saturated heterocycles. The molecule has 2 aromatic carbocycles. The normalized spacial score (nSPS) is 20.0. The Hall–Kier alpha value is -2.06. The first-order valence-electron chi connectivity index (χ1n) is 7.48. The van der Waals surface area contributed by atoms with Crippen molar-refractivity contribution in [3.8, 4) is 5.75 Å². The van der Waals surface area contributed by atoms with E-state index in [1.54, 1.807) is 6.08 Å². The lowest BCUT2D eigenvalue weighted by atomic mass is 10.1. The summed E-state index contributed by atoms with van der Waals surface area (Å²) in [5, 5.41) is 3.63. The summed E-state index contributed by atoms with van der Waals surface area (Å²) in [7, 11) is 0. The second-order valence-electron chi connectivity index (χ2n) is 5.45. The lowest BCUT2D eigenvalue weighted by molar-refractivity contribution is 0.357. The first kappa shape index (κ1) is 13.9. The van der Waals surface area contributed by atoms with Crippen LogP contribution in [0, 0.1) is 0 Å². The Kier molecular flexibility index (Phi) is 4.37. The van der Waals surface area contributed by atoms with Gasteiger partial charge >= 0.3 is 0 Å². The van der Waals surface area contributed by atoms with Crippen LogP contribution >= 0.6 is 0 Å². The van der Waals surface area contributed by atoms with Gasteiger partial charge in [0.25, 0.3) is 0 Å². The van der Waals surface area contributed by atoms with Gasteiger partial charge in [-0.25, -0.2) is 0 Å². The van der Waals surface area contributed by atoms with Crippen molar-refractivity contribution < 1.29 is 4.74 Å². The SMILES string of the molecule is C=CCOc1ccccc1CNC1CC1c1ccccc1. The third-order valence-electron chi connectivity index (χ3n) is 3.90. The summed E-state index contributed by atoms with van der Waals surface area (Å²) in [6.45, 7) is 5.09. The summed E-state index contributed by atoms with van der Waals surface area (Å²) in [5.74, 6) is 1.61. The highest BCUT2D eigenvalue weighted by molar-refractivity contribution is 5.34. The van der Waals surface area contributed by atoms with E-state index in [0.29, 0.717) is 18.6 Å². The van der Waals surface area contributed by atoms with Gasteiger partial charge in [-0.2, -0.15) is 0 Å². The summed E-state index contributed by atoms with van der Waals surface area (Å²) in [6.07, 6.45) is 3.00. The fourth-order valence-corrected chi connectivity index (χ4v) is 2.67. The average Bonchev–Trinajstić information content (AvgIpc) is 3.32. The van der Waals surface area contributed by atoms with E-state index < -0.39 is 0 Å². The van der Waals surface area contributed by atoms with Gasteiger partial charge in [0.15, 0.2) is 0 Å². The van der Waals surface area contributed by atoms with E-state index in [0.717, 1.165) is 12.3 Å². The second kappa shape index (κ2) is 6.59. The predicted molar refractivity (Wildman–Crippen MR) is 86.6 cm³/mol. The van der Waals surface area contributed by atoms with Gasteiger partial charge in [-0.3, -0.25) is 0 Å². The highest BCUT2D eigenvalue weighted by Crippen LogP contribution is 2.40. The van der Waals surface area contributed by atoms with Crippen molar-refractivity contribution in [1.82, 2.24) is 5.32 Å². The molecule has 0 spiro atoms. The third kappa shape index (κ3) is 3.53. The first-order chi connectivity index (χ1) is 10.4. The van der Waals surface area contributed by atoms with Crippen LogP contribution in [0.25, 0.3) is 0 Å². The largest absolute Gasteiger partial charge is 0.489 e. The molecule has 3 rings (SSSR count). The smallest absolute Gasteiger partial charge is 0.124 e. The zero-order valence-electron chi connectivity index (χ0n) is 12.2. The maximum absolute atomic E-state index is 5.69. The Bertz CT molecular complexity index is 594. The maximum Gasteiger partial charge on any atom is 0.124 e. The highest BCUT2D eigenvalue weighted by atomic mass is 16.5. The molecule has 2 atom stereocenters. The van der Waals surface area contributed by atoms with E-state index in [1.165, 1.54) is 17.5 Å². The molecular weight excluding hydrogens is 258 g/mol. The van der Waals surface area contributed by atoms with Crippen LogP contribution in [0.1, 0.15) is 23.5 Å². The molecule has 0 aliphatic heterocycles. The molecule has 108 valence electrons. The summed E-state index contributed by atoms with van der Waals surface area (Å²) < 4.78 is 5.69. The van der Waals surface area contributed by atoms with Gasteiger partial charge in [0.1, 0.15) is 12.4 Å². The summed E-state index contributed by atoms with van der Waals surface area (Å²) >= 11 is 0. The van der Waals surface area contributed by atoms with Crippen LogP contribution in [0.2, 0.25) is 0 Å².